The zero-order chi connectivity index (χ0) is 9.90. The Labute approximate surface area is 79.1 Å². The Kier molecular flexibility index (Phi) is 2.92. The molecule has 1 amide bonds. The highest BCUT2D eigenvalue weighted by Crippen LogP contribution is 2.23. The summed E-state index contributed by atoms with van der Waals surface area (Å²) in [4.78, 5) is 11.6. The summed E-state index contributed by atoms with van der Waals surface area (Å²) in [6, 6.07) is 2.40. The van der Waals surface area contributed by atoms with E-state index in [0.717, 1.165) is 12.8 Å². The minimum absolute atomic E-state index is 0.109. The summed E-state index contributed by atoms with van der Waals surface area (Å²) in [6.07, 6.45) is 3.90. The lowest BCUT2D eigenvalue weighted by molar-refractivity contribution is -0.128. The summed E-state index contributed by atoms with van der Waals surface area (Å²) in [6.45, 7) is 3.56. The number of carbonyl (C=O) groups excluding carboxylic acids is 1. The first kappa shape index (κ1) is 10.0. The standard InChI is InChI=1S/C10H16N2O/c1-3-10(2,7-11)9(13)12-8-5-4-6-8/h8H,3-6H2,1-2H3,(H,12,13). The maximum absolute atomic E-state index is 11.6. The highest BCUT2D eigenvalue weighted by atomic mass is 16.2. The van der Waals surface area contributed by atoms with Crippen molar-refractivity contribution in [2.24, 2.45) is 5.41 Å². The second-order valence-corrected chi connectivity index (χ2v) is 3.90. The van der Waals surface area contributed by atoms with Gasteiger partial charge in [-0.3, -0.25) is 4.79 Å². The Morgan fingerprint density at radius 3 is 2.62 bits per heavy atom. The quantitative estimate of drug-likeness (QED) is 0.717. The SMILES string of the molecule is CCC(C)(C#N)C(=O)NC1CCC1. The van der Waals surface area contributed by atoms with Crippen LogP contribution in [0.15, 0.2) is 0 Å². The van der Waals surface area contributed by atoms with Gasteiger partial charge >= 0.3 is 0 Å². The van der Waals surface area contributed by atoms with Crippen molar-refractivity contribution in [2.75, 3.05) is 0 Å². The molecule has 1 aliphatic carbocycles. The van der Waals surface area contributed by atoms with Gasteiger partial charge in [-0.25, -0.2) is 0 Å². The maximum Gasteiger partial charge on any atom is 0.240 e. The topological polar surface area (TPSA) is 52.9 Å². The molecule has 3 nitrogen and oxygen atoms in total. The molecule has 0 spiro atoms. The highest BCUT2D eigenvalue weighted by Gasteiger charge is 2.33. The number of amides is 1. The van der Waals surface area contributed by atoms with Crippen molar-refractivity contribution < 1.29 is 4.79 Å². The van der Waals surface area contributed by atoms with Crippen LogP contribution in [0.1, 0.15) is 39.5 Å². The van der Waals surface area contributed by atoms with E-state index in [2.05, 4.69) is 11.4 Å². The lowest BCUT2D eigenvalue weighted by Crippen LogP contribution is -2.46. The lowest BCUT2D eigenvalue weighted by Gasteiger charge is -2.29. The van der Waals surface area contributed by atoms with Gasteiger partial charge in [0.25, 0.3) is 0 Å². The molecule has 13 heavy (non-hydrogen) atoms. The summed E-state index contributed by atoms with van der Waals surface area (Å²) >= 11 is 0. The van der Waals surface area contributed by atoms with Crippen LogP contribution in [0.25, 0.3) is 0 Å². The molecule has 0 aromatic carbocycles. The van der Waals surface area contributed by atoms with Crippen LogP contribution in [0.4, 0.5) is 0 Å². The van der Waals surface area contributed by atoms with Gasteiger partial charge in [-0.05, 0) is 32.6 Å². The van der Waals surface area contributed by atoms with Gasteiger partial charge in [-0.1, -0.05) is 6.92 Å². The van der Waals surface area contributed by atoms with Gasteiger partial charge in [0.1, 0.15) is 5.41 Å². The fourth-order valence-electron chi connectivity index (χ4n) is 1.19. The predicted molar refractivity (Wildman–Crippen MR) is 49.8 cm³/mol. The molecule has 1 fully saturated rings. The van der Waals surface area contributed by atoms with E-state index < -0.39 is 5.41 Å². The van der Waals surface area contributed by atoms with Gasteiger partial charge in [-0.15, -0.1) is 0 Å². The highest BCUT2D eigenvalue weighted by molar-refractivity contribution is 5.85. The summed E-state index contributed by atoms with van der Waals surface area (Å²) < 4.78 is 0. The van der Waals surface area contributed by atoms with Crippen molar-refractivity contribution in [3.63, 3.8) is 0 Å². The van der Waals surface area contributed by atoms with E-state index >= 15 is 0 Å². The van der Waals surface area contributed by atoms with E-state index in [4.69, 9.17) is 5.26 Å². The minimum Gasteiger partial charge on any atom is -0.352 e. The Bertz CT molecular complexity index is 240. The number of hydrogen-bond donors (Lipinski definition) is 1. The van der Waals surface area contributed by atoms with Crippen molar-refractivity contribution >= 4 is 5.91 Å². The molecule has 0 aromatic rings. The van der Waals surface area contributed by atoms with Gasteiger partial charge < -0.3 is 5.32 Å². The van der Waals surface area contributed by atoms with Gasteiger partial charge in [0, 0.05) is 6.04 Å². The predicted octanol–water partition coefficient (Wildman–Crippen LogP) is 1.59. The molecular formula is C10H16N2O. The van der Waals surface area contributed by atoms with Crippen LogP contribution in [0.3, 0.4) is 0 Å². The van der Waals surface area contributed by atoms with Crippen molar-refractivity contribution in [1.29, 1.82) is 5.26 Å². The van der Waals surface area contributed by atoms with Crippen LogP contribution in [0, 0.1) is 16.7 Å². The smallest absolute Gasteiger partial charge is 0.240 e. The third-order valence-corrected chi connectivity index (χ3v) is 2.90. The average molecular weight is 180 g/mol. The molecule has 0 aromatic heterocycles. The molecule has 1 saturated carbocycles. The van der Waals surface area contributed by atoms with Crippen molar-refractivity contribution in [3.8, 4) is 6.07 Å². The second-order valence-electron chi connectivity index (χ2n) is 3.90. The average Bonchev–Trinajstić information content (AvgIpc) is 2.09. The number of rotatable bonds is 3. The first-order valence-corrected chi connectivity index (χ1v) is 4.84. The van der Waals surface area contributed by atoms with E-state index in [9.17, 15) is 4.79 Å². The third-order valence-electron chi connectivity index (χ3n) is 2.90. The molecule has 1 atom stereocenters. The Hall–Kier alpha value is -1.04. The van der Waals surface area contributed by atoms with Crippen molar-refractivity contribution in [1.82, 2.24) is 5.32 Å². The maximum atomic E-state index is 11.6. The minimum atomic E-state index is -0.838. The van der Waals surface area contributed by atoms with Gasteiger partial charge in [-0.2, -0.15) is 5.26 Å². The Morgan fingerprint density at radius 1 is 1.69 bits per heavy atom. The summed E-state index contributed by atoms with van der Waals surface area (Å²) in [5.41, 5.74) is -0.838. The number of nitriles is 1. The van der Waals surface area contributed by atoms with Crippen LogP contribution < -0.4 is 5.32 Å². The largest absolute Gasteiger partial charge is 0.352 e. The number of carbonyl (C=O) groups is 1. The molecule has 72 valence electrons. The zero-order valence-electron chi connectivity index (χ0n) is 8.26. The first-order chi connectivity index (χ1) is 6.12. The van der Waals surface area contributed by atoms with Gasteiger partial charge in [0.05, 0.1) is 6.07 Å². The molecule has 0 aliphatic heterocycles. The molecular weight excluding hydrogens is 164 g/mol. The van der Waals surface area contributed by atoms with Crippen LogP contribution in [0.5, 0.6) is 0 Å². The van der Waals surface area contributed by atoms with E-state index in [1.807, 2.05) is 6.92 Å². The molecule has 1 N–H and O–H groups in total. The fraction of sp³-hybridized carbons (Fsp3) is 0.800. The van der Waals surface area contributed by atoms with Gasteiger partial charge in [0.2, 0.25) is 5.91 Å². The third kappa shape index (κ3) is 2.00. The number of hydrogen-bond acceptors (Lipinski definition) is 2. The summed E-state index contributed by atoms with van der Waals surface area (Å²) in [5, 5.41) is 11.7. The molecule has 0 heterocycles. The van der Waals surface area contributed by atoms with E-state index in [-0.39, 0.29) is 5.91 Å². The number of nitrogens with one attached hydrogen (secondary N) is 1. The Balaban J connectivity index is 2.49. The summed E-state index contributed by atoms with van der Waals surface area (Å²) in [7, 11) is 0. The summed E-state index contributed by atoms with van der Waals surface area (Å²) in [5.74, 6) is -0.109. The Morgan fingerprint density at radius 2 is 2.31 bits per heavy atom. The van der Waals surface area contributed by atoms with Crippen LogP contribution in [0.2, 0.25) is 0 Å². The van der Waals surface area contributed by atoms with Gasteiger partial charge in [0.15, 0.2) is 0 Å². The molecule has 3 heteroatoms. The molecule has 0 bridgehead atoms. The van der Waals surface area contributed by atoms with Crippen LogP contribution >= 0.6 is 0 Å². The molecule has 1 rings (SSSR count). The molecule has 0 saturated heterocycles. The molecule has 1 aliphatic rings. The normalized spacial score (nSPS) is 21.0. The molecule has 1 unspecified atom stereocenters. The molecule has 0 radical (unpaired) electrons. The van der Waals surface area contributed by atoms with Crippen molar-refractivity contribution in [3.05, 3.63) is 0 Å². The van der Waals surface area contributed by atoms with E-state index in [1.54, 1.807) is 6.92 Å². The zero-order valence-corrected chi connectivity index (χ0v) is 8.26. The fourth-order valence-corrected chi connectivity index (χ4v) is 1.19. The van der Waals surface area contributed by atoms with Crippen LogP contribution in [-0.2, 0) is 4.79 Å². The second kappa shape index (κ2) is 3.78. The lowest BCUT2D eigenvalue weighted by atomic mass is 9.86. The van der Waals surface area contributed by atoms with Crippen molar-refractivity contribution in [2.45, 2.75) is 45.6 Å². The first-order valence-electron chi connectivity index (χ1n) is 4.84. The van der Waals surface area contributed by atoms with E-state index in [0.29, 0.717) is 12.5 Å². The monoisotopic (exact) mass is 180 g/mol. The number of nitrogens with zero attached hydrogens (tertiary/aromatic N) is 1. The van der Waals surface area contributed by atoms with E-state index in [1.165, 1.54) is 6.42 Å². The van der Waals surface area contributed by atoms with Crippen LogP contribution in [-0.4, -0.2) is 11.9 Å².